The van der Waals surface area contributed by atoms with E-state index in [0.717, 1.165) is 28.9 Å². The Balaban J connectivity index is 1.77. The molecule has 0 saturated carbocycles. The fraction of sp³-hybridized carbons (Fsp3) is 0.278. The van der Waals surface area contributed by atoms with Crippen LogP contribution in [0, 0.1) is 0 Å². The molecule has 1 aliphatic carbocycles. The molecular weight excluding hydrogens is 382 g/mol. The molecule has 0 amide bonds. The first-order valence-corrected chi connectivity index (χ1v) is 10.3. The van der Waals surface area contributed by atoms with Crippen molar-refractivity contribution in [2.24, 2.45) is 0 Å². The van der Waals surface area contributed by atoms with Gasteiger partial charge in [-0.3, -0.25) is 0 Å². The van der Waals surface area contributed by atoms with Gasteiger partial charge in [-0.05, 0) is 56.6 Å². The number of benzene rings is 1. The number of carbonyl (C=O) groups excluding carboxylic acids is 1. The average molecular weight is 401 g/mol. The van der Waals surface area contributed by atoms with Crippen molar-refractivity contribution in [2.45, 2.75) is 24.7 Å². The summed E-state index contributed by atoms with van der Waals surface area (Å²) in [4.78, 5) is 12.3. The van der Waals surface area contributed by atoms with Crippen LogP contribution in [0.1, 0.15) is 18.2 Å². The maximum Gasteiger partial charge on any atom is 0.434 e. The quantitative estimate of drug-likeness (QED) is 0.713. The number of ether oxygens (including phenoxy) is 1. The van der Waals surface area contributed by atoms with Crippen molar-refractivity contribution in [3.63, 3.8) is 0 Å². The fourth-order valence-corrected chi connectivity index (χ4v) is 4.07. The molecule has 0 atom stereocenters. The molecular formula is C18H19N5O4S. The van der Waals surface area contributed by atoms with Crippen LogP contribution in [-0.2, 0) is 27.6 Å². The molecule has 9 nitrogen and oxygen atoms in total. The summed E-state index contributed by atoms with van der Waals surface area (Å²) in [6, 6.07) is 6.45. The van der Waals surface area contributed by atoms with Gasteiger partial charge >= 0.3 is 6.09 Å². The number of rotatable bonds is 4. The molecule has 28 heavy (non-hydrogen) atoms. The zero-order valence-corrected chi connectivity index (χ0v) is 16.2. The number of carbonyl (C=O) groups is 1. The number of sulfonamides is 1. The number of fused-ring (bicyclic) bond motifs is 3. The monoisotopic (exact) mass is 401 g/mol. The van der Waals surface area contributed by atoms with Gasteiger partial charge in [-0.25, -0.2) is 22.6 Å². The zero-order valence-electron chi connectivity index (χ0n) is 15.4. The van der Waals surface area contributed by atoms with Gasteiger partial charge < -0.3 is 4.74 Å². The van der Waals surface area contributed by atoms with Crippen LogP contribution in [0.3, 0.4) is 0 Å². The van der Waals surface area contributed by atoms with Gasteiger partial charge in [0.05, 0.1) is 41.0 Å². The Morgan fingerprint density at radius 3 is 2.61 bits per heavy atom. The third-order valence-electron chi connectivity index (χ3n) is 4.70. The molecule has 1 aliphatic rings. The van der Waals surface area contributed by atoms with Crippen LogP contribution in [0.15, 0.2) is 41.6 Å². The van der Waals surface area contributed by atoms with Crippen LogP contribution in [-0.4, -0.2) is 47.7 Å². The second-order valence-corrected chi connectivity index (χ2v) is 8.13. The Morgan fingerprint density at radius 2 is 1.93 bits per heavy atom. The van der Waals surface area contributed by atoms with E-state index in [1.807, 2.05) is 0 Å². The van der Waals surface area contributed by atoms with E-state index in [1.54, 1.807) is 36.1 Å². The fourth-order valence-electron chi connectivity index (χ4n) is 3.34. The van der Waals surface area contributed by atoms with Crippen LogP contribution in [0.4, 0.5) is 4.79 Å². The van der Waals surface area contributed by atoms with Crippen molar-refractivity contribution in [2.75, 3.05) is 13.7 Å². The molecule has 1 aromatic carbocycles. The summed E-state index contributed by atoms with van der Waals surface area (Å²) in [5.74, 6) is 0. The van der Waals surface area contributed by atoms with Crippen molar-refractivity contribution < 1.29 is 17.9 Å². The second kappa shape index (κ2) is 6.88. The van der Waals surface area contributed by atoms with Crippen molar-refractivity contribution in [3.05, 3.63) is 47.9 Å². The lowest BCUT2D eigenvalue weighted by Gasteiger charge is -2.16. The molecule has 0 spiro atoms. The van der Waals surface area contributed by atoms with Crippen LogP contribution in [0.5, 0.6) is 0 Å². The Hall–Kier alpha value is -2.98. The molecule has 0 saturated heterocycles. The Bertz CT molecular complexity index is 1150. The van der Waals surface area contributed by atoms with Crippen molar-refractivity contribution in [1.29, 1.82) is 0 Å². The lowest BCUT2D eigenvalue weighted by atomic mass is 9.96. The van der Waals surface area contributed by atoms with Gasteiger partial charge in [0, 0.05) is 5.56 Å². The van der Waals surface area contributed by atoms with E-state index in [-0.39, 0.29) is 11.5 Å². The van der Waals surface area contributed by atoms with Crippen LogP contribution in [0.2, 0.25) is 0 Å². The zero-order chi connectivity index (χ0) is 19.9. The predicted octanol–water partition coefficient (Wildman–Crippen LogP) is 1.75. The standard InChI is InChI=1S/C18H19N5O4S/c1-3-27-18(24)23-16-9-4-12-10-20-22(17(12)15(16)11-21-23)13-5-7-14(8-6-13)28(25,26)19-2/h5-8,10-11,19H,3-4,9H2,1-2H3. The van der Waals surface area contributed by atoms with Crippen LogP contribution >= 0.6 is 0 Å². The second-order valence-electron chi connectivity index (χ2n) is 6.25. The summed E-state index contributed by atoms with van der Waals surface area (Å²) in [6.45, 7) is 2.03. The molecule has 2 heterocycles. The van der Waals surface area contributed by atoms with Crippen molar-refractivity contribution in [1.82, 2.24) is 24.3 Å². The molecule has 0 fully saturated rings. The molecule has 3 aromatic rings. The van der Waals surface area contributed by atoms with Gasteiger partial charge in [-0.1, -0.05) is 0 Å². The highest BCUT2D eigenvalue weighted by molar-refractivity contribution is 7.89. The third-order valence-corrected chi connectivity index (χ3v) is 6.13. The normalized spacial score (nSPS) is 13.1. The number of hydrogen-bond donors (Lipinski definition) is 1. The number of hydrogen-bond acceptors (Lipinski definition) is 6. The highest BCUT2D eigenvalue weighted by Gasteiger charge is 2.27. The topological polar surface area (TPSA) is 108 Å². The lowest BCUT2D eigenvalue weighted by molar-refractivity contribution is 0.149. The first kappa shape index (κ1) is 18.4. The average Bonchev–Trinajstić information content (AvgIpc) is 3.32. The van der Waals surface area contributed by atoms with Gasteiger partial charge in [0.25, 0.3) is 0 Å². The minimum absolute atomic E-state index is 0.176. The number of nitrogens with one attached hydrogen (secondary N) is 1. The van der Waals surface area contributed by atoms with Gasteiger partial charge in [-0.2, -0.15) is 14.9 Å². The number of nitrogens with zero attached hydrogens (tertiary/aromatic N) is 4. The van der Waals surface area contributed by atoms with Gasteiger partial charge in [-0.15, -0.1) is 0 Å². The van der Waals surface area contributed by atoms with E-state index < -0.39 is 16.1 Å². The molecule has 1 N–H and O–H groups in total. The molecule has 146 valence electrons. The van der Waals surface area contributed by atoms with E-state index in [1.165, 1.54) is 23.9 Å². The first-order valence-electron chi connectivity index (χ1n) is 8.81. The summed E-state index contributed by atoms with van der Waals surface area (Å²) in [7, 11) is -2.13. The van der Waals surface area contributed by atoms with Gasteiger partial charge in [0.2, 0.25) is 10.0 Å². The minimum Gasteiger partial charge on any atom is -0.448 e. The third kappa shape index (κ3) is 2.90. The van der Waals surface area contributed by atoms with Crippen molar-refractivity contribution >= 4 is 16.1 Å². The minimum atomic E-state index is -3.51. The summed E-state index contributed by atoms with van der Waals surface area (Å²) in [6.07, 6.45) is 4.31. The van der Waals surface area contributed by atoms with Crippen LogP contribution in [0.25, 0.3) is 16.9 Å². The van der Waals surface area contributed by atoms with Crippen molar-refractivity contribution in [3.8, 4) is 16.9 Å². The molecule has 0 bridgehead atoms. The summed E-state index contributed by atoms with van der Waals surface area (Å²) in [5, 5.41) is 8.67. The number of aryl methyl sites for hydroxylation is 1. The maximum atomic E-state index is 12.1. The smallest absolute Gasteiger partial charge is 0.434 e. The molecule has 10 heteroatoms. The first-order chi connectivity index (χ1) is 13.5. The molecule has 2 aromatic heterocycles. The Morgan fingerprint density at radius 1 is 1.18 bits per heavy atom. The summed E-state index contributed by atoms with van der Waals surface area (Å²) < 4.78 is 34.2. The predicted molar refractivity (Wildman–Crippen MR) is 101 cm³/mol. The summed E-state index contributed by atoms with van der Waals surface area (Å²) >= 11 is 0. The largest absolute Gasteiger partial charge is 0.448 e. The highest BCUT2D eigenvalue weighted by atomic mass is 32.2. The van der Waals surface area contributed by atoms with Gasteiger partial charge in [0.15, 0.2) is 0 Å². The molecule has 0 unspecified atom stereocenters. The van der Waals surface area contributed by atoms with Crippen LogP contribution < -0.4 is 4.72 Å². The van der Waals surface area contributed by atoms with E-state index in [2.05, 4.69) is 14.9 Å². The van der Waals surface area contributed by atoms with E-state index in [0.29, 0.717) is 12.1 Å². The van der Waals surface area contributed by atoms with E-state index >= 15 is 0 Å². The Kier molecular flexibility index (Phi) is 4.52. The Labute approximate surface area is 162 Å². The highest BCUT2D eigenvalue weighted by Crippen LogP contribution is 2.35. The maximum absolute atomic E-state index is 12.1. The van der Waals surface area contributed by atoms with E-state index in [4.69, 9.17) is 4.74 Å². The van der Waals surface area contributed by atoms with E-state index in [9.17, 15) is 13.2 Å². The molecule has 0 aliphatic heterocycles. The molecule has 4 rings (SSSR count). The SMILES string of the molecule is CCOC(=O)n1ncc2c1CCc1cnn(-c3ccc(S(=O)(=O)NC)cc3)c1-2. The van der Waals surface area contributed by atoms with Gasteiger partial charge in [0.1, 0.15) is 0 Å². The number of aromatic nitrogens is 4. The molecule has 0 radical (unpaired) electrons. The summed E-state index contributed by atoms with van der Waals surface area (Å²) in [5.41, 5.74) is 4.21. The lowest BCUT2D eigenvalue weighted by Crippen LogP contribution is -2.19.